The van der Waals surface area contributed by atoms with E-state index in [1.54, 1.807) is 72.8 Å². The Balaban J connectivity index is 1.39. The van der Waals surface area contributed by atoms with Gasteiger partial charge in [-0.3, -0.25) is 19.3 Å². The maximum absolute atomic E-state index is 13.6. The highest BCUT2D eigenvalue weighted by molar-refractivity contribution is 8.04. The molecule has 1 aliphatic rings. The molecule has 0 fully saturated rings. The average Bonchev–Trinajstić information content (AvgIpc) is 3.65. The van der Waals surface area contributed by atoms with Gasteiger partial charge in [0.05, 0.1) is 52.5 Å². The van der Waals surface area contributed by atoms with Crippen LogP contribution in [-0.2, 0) is 16.1 Å². The Morgan fingerprint density at radius 2 is 1.50 bits per heavy atom. The van der Waals surface area contributed by atoms with E-state index in [1.807, 2.05) is 0 Å². The van der Waals surface area contributed by atoms with Crippen LogP contribution in [0.1, 0.15) is 16.1 Å². The molecule has 5 rings (SSSR count). The number of thioether (sulfide) groups is 1. The summed E-state index contributed by atoms with van der Waals surface area (Å²) in [6.07, 6.45) is 1.48. The van der Waals surface area contributed by atoms with Gasteiger partial charge in [0.25, 0.3) is 17.7 Å². The van der Waals surface area contributed by atoms with Gasteiger partial charge >= 0.3 is 0 Å². The number of carbonyl (C=O) groups is 3. The molecule has 0 unspecified atom stereocenters. The summed E-state index contributed by atoms with van der Waals surface area (Å²) in [4.78, 5) is 42.1. The molecule has 3 amide bonds. The van der Waals surface area contributed by atoms with Gasteiger partial charge in [-0.15, -0.1) is 0 Å². The predicted octanol–water partition coefficient (Wildman–Crippen LogP) is 5.55. The van der Waals surface area contributed by atoms with E-state index in [4.69, 9.17) is 23.4 Å². The first-order valence-corrected chi connectivity index (χ1v) is 14.1. The smallest absolute Gasteiger partial charge is 0.278 e. The minimum atomic E-state index is -0.510. The van der Waals surface area contributed by atoms with Gasteiger partial charge in [-0.25, -0.2) is 0 Å². The number of amides is 3. The summed E-state index contributed by atoms with van der Waals surface area (Å²) in [7, 11) is 6.05. The molecule has 2 N–H and O–H groups in total. The number of ether oxygens (including phenoxy) is 4. The molecule has 226 valence electrons. The first kappa shape index (κ1) is 30.1. The zero-order valence-corrected chi connectivity index (χ0v) is 25.2. The second-order valence-corrected chi connectivity index (χ2v) is 10.4. The minimum absolute atomic E-state index is 0.0283. The Morgan fingerprint density at radius 3 is 2.14 bits per heavy atom. The molecule has 4 aromatic rings. The van der Waals surface area contributed by atoms with E-state index in [2.05, 4.69) is 10.6 Å². The number of hydrogen-bond donors (Lipinski definition) is 2. The van der Waals surface area contributed by atoms with Crippen molar-refractivity contribution in [1.82, 2.24) is 4.90 Å². The van der Waals surface area contributed by atoms with Crippen LogP contribution in [0.15, 0.2) is 99.0 Å². The summed E-state index contributed by atoms with van der Waals surface area (Å²) in [5.74, 6) is 1.06. The fourth-order valence-corrected chi connectivity index (χ4v) is 5.35. The van der Waals surface area contributed by atoms with Crippen molar-refractivity contribution >= 4 is 40.9 Å². The third-order valence-corrected chi connectivity index (χ3v) is 7.76. The first-order valence-electron chi connectivity index (χ1n) is 13.3. The summed E-state index contributed by atoms with van der Waals surface area (Å²) in [5, 5.41) is 5.95. The monoisotopic (exact) mass is 615 g/mol. The van der Waals surface area contributed by atoms with Crippen LogP contribution in [0.25, 0.3) is 0 Å². The minimum Gasteiger partial charge on any atom is -0.497 e. The van der Waals surface area contributed by atoms with E-state index in [9.17, 15) is 14.4 Å². The van der Waals surface area contributed by atoms with Crippen molar-refractivity contribution in [2.45, 2.75) is 11.4 Å². The van der Waals surface area contributed by atoms with Crippen molar-refractivity contribution in [3.8, 4) is 23.0 Å². The molecule has 1 aliphatic heterocycles. The van der Waals surface area contributed by atoms with Gasteiger partial charge in [0.1, 0.15) is 39.4 Å². The number of nitrogens with zero attached hydrogens (tertiary/aromatic N) is 1. The third-order valence-electron chi connectivity index (χ3n) is 6.67. The van der Waals surface area contributed by atoms with Crippen LogP contribution in [0, 0.1) is 0 Å². The number of methoxy groups -OCH3 is 4. The summed E-state index contributed by atoms with van der Waals surface area (Å²) in [5.41, 5.74) is 1.45. The van der Waals surface area contributed by atoms with Crippen LogP contribution >= 0.6 is 11.8 Å². The zero-order chi connectivity index (χ0) is 31.2. The van der Waals surface area contributed by atoms with Crippen LogP contribution < -0.4 is 29.6 Å². The molecule has 11 nitrogen and oxygen atoms in total. The standard InChI is InChI=1S/C32H29N3O8S/c1-39-20-9-13-24(26(16-20)41-3)30(36)33-19-7-11-23(12-8-19)44-29-28(34-25-14-10-21(40-2)17-27(25)42-4)31(37)35(32(29)38)18-22-6-5-15-43-22/h5-17,34H,18H2,1-4H3,(H,33,36). The molecule has 1 aromatic heterocycles. The van der Waals surface area contributed by atoms with Crippen molar-refractivity contribution in [3.63, 3.8) is 0 Å². The van der Waals surface area contributed by atoms with E-state index >= 15 is 0 Å². The molecule has 0 spiro atoms. The van der Waals surface area contributed by atoms with E-state index in [-0.39, 0.29) is 23.1 Å². The molecule has 44 heavy (non-hydrogen) atoms. The molecule has 0 radical (unpaired) electrons. The number of anilines is 2. The second kappa shape index (κ2) is 13.3. The van der Waals surface area contributed by atoms with Crippen LogP contribution in [0.3, 0.4) is 0 Å². The van der Waals surface area contributed by atoms with Crippen LogP contribution in [0.5, 0.6) is 23.0 Å². The van der Waals surface area contributed by atoms with Crippen molar-refractivity contribution in [2.24, 2.45) is 0 Å². The van der Waals surface area contributed by atoms with E-state index < -0.39 is 11.8 Å². The topological polar surface area (TPSA) is 129 Å². The van der Waals surface area contributed by atoms with E-state index in [0.29, 0.717) is 50.6 Å². The molecule has 0 saturated carbocycles. The van der Waals surface area contributed by atoms with Gasteiger partial charge in [0, 0.05) is 22.7 Å². The van der Waals surface area contributed by atoms with Gasteiger partial charge in [0.2, 0.25) is 0 Å². The molecule has 12 heteroatoms. The van der Waals surface area contributed by atoms with E-state index in [0.717, 1.165) is 16.7 Å². The number of carbonyl (C=O) groups excluding carboxylic acids is 3. The van der Waals surface area contributed by atoms with Gasteiger partial charge in [-0.2, -0.15) is 0 Å². The van der Waals surface area contributed by atoms with Gasteiger partial charge in [-0.05, 0) is 60.7 Å². The zero-order valence-electron chi connectivity index (χ0n) is 24.3. The molecular formula is C32H29N3O8S. The first-order chi connectivity index (χ1) is 21.3. The Kier molecular flexibility index (Phi) is 9.10. The van der Waals surface area contributed by atoms with Crippen LogP contribution in [0.2, 0.25) is 0 Å². The summed E-state index contributed by atoms with van der Waals surface area (Å²) in [6, 6.07) is 20.3. The lowest BCUT2D eigenvalue weighted by Crippen LogP contribution is -2.31. The molecule has 0 bridgehead atoms. The lowest BCUT2D eigenvalue weighted by molar-refractivity contribution is -0.138. The summed E-state index contributed by atoms with van der Waals surface area (Å²) < 4.78 is 26.7. The van der Waals surface area contributed by atoms with Crippen molar-refractivity contribution in [3.05, 3.63) is 101 Å². The summed E-state index contributed by atoms with van der Waals surface area (Å²) in [6.45, 7) is -0.0283. The molecule has 0 atom stereocenters. The van der Waals surface area contributed by atoms with Crippen molar-refractivity contribution < 1.29 is 37.7 Å². The maximum atomic E-state index is 13.6. The Hall–Kier alpha value is -5.36. The number of rotatable bonds is 12. The molecule has 2 heterocycles. The third kappa shape index (κ3) is 6.35. The quantitative estimate of drug-likeness (QED) is 0.196. The van der Waals surface area contributed by atoms with Crippen LogP contribution in [0.4, 0.5) is 11.4 Å². The SMILES string of the molecule is COc1ccc(NC2=C(Sc3ccc(NC(=O)c4ccc(OC)cc4OC)cc3)C(=O)N(Cc3ccco3)C2=O)c(OC)c1. The highest BCUT2D eigenvalue weighted by atomic mass is 32.2. The number of hydrogen-bond acceptors (Lipinski definition) is 10. The number of imide groups is 1. The number of benzene rings is 3. The average molecular weight is 616 g/mol. The maximum Gasteiger partial charge on any atom is 0.278 e. The highest BCUT2D eigenvalue weighted by Gasteiger charge is 2.40. The lowest BCUT2D eigenvalue weighted by Gasteiger charge is -2.15. The highest BCUT2D eigenvalue weighted by Crippen LogP contribution is 2.39. The normalized spacial score (nSPS) is 12.8. The fourth-order valence-electron chi connectivity index (χ4n) is 4.41. The number of furan rings is 1. The van der Waals surface area contributed by atoms with Crippen LogP contribution in [-0.4, -0.2) is 51.1 Å². The number of nitrogens with one attached hydrogen (secondary N) is 2. The second-order valence-electron chi connectivity index (χ2n) is 9.32. The molecule has 0 aliphatic carbocycles. The van der Waals surface area contributed by atoms with Gasteiger partial charge in [-0.1, -0.05) is 11.8 Å². The van der Waals surface area contributed by atoms with Crippen molar-refractivity contribution in [2.75, 3.05) is 39.1 Å². The van der Waals surface area contributed by atoms with E-state index in [1.165, 1.54) is 34.7 Å². The fraction of sp³-hybridized carbons (Fsp3) is 0.156. The molecule has 0 saturated heterocycles. The Morgan fingerprint density at radius 1 is 0.818 bits per heavy atom. The van der Waals surface area contributed by atoms with Crippen molar-refractivity contribution in [1.29, 1.82) is 0 Å². The summed E-state index contributed by atoms with van der Waals surface area (Å²) >= 11 is 1.12. The lowest BCUT2D eigenvalue weighted by atomic mass is 10.1. The van der Waals surface area contributed by atoms with Gasteiger partial charge in [0.15, 0.2) is 0 Å². The van der Waals surface area contributed by atoms with Gasteiger partial charge < -0.3 is 34.0 Å². The Bertz CT molecular complexity index is 1720. The Labute approximate surface area is 257 Å². The predicted molar refractivity (Wildman–Crippen MR) is 164 cm³/mol. The molecule has 3 aromatic carbocycles. The largest absolute Gasteiger partial charge is 0.497 e. The molecular weight excluding hydrogens is 586 g/mol.